The Bertz CT molecular complexity index is 535. The zero-order valence-electron chi connectivity index (χ0n) is 11.9. The Labute approximate surface area is 124 Å². The van der Waals surface area contributed by atoms with E-state index < -0.39 is 5.91 Å². The normalized spacial score (nSPS) is 10.8. The number of rotatable bonds is 8. The van der Waals surface area contributed by atoms with Gasteiger partial charge in [-0.15, -0.1) is 0 Å². The number of hydrogen-bond donors (Lipinski definition) is 3. The Morgan fingerprint density at radius 1 is 1.48 bits per heavy atom. The lowest BCUT2D eigenvalue weighted by Crippen LogP contribution is -2.17. The number of anilines is 1. The molecule has 0 aliphatic carbocycles. The van der Waals surface area contributed by atoms with Crippen molar-refractivity contribution < 1.29 is 14.6 Å². The molecule has 0 unspecified atom stereocenters. The summed E-state index contributed by atoms with van der Waals surface area (Å²) in [4.78, 5) is 11.9. The predicted octanol–water partition coefficient (Wildman–Crippen LogP) is 1.75. The van der Waals surface area contributed by atoms with Gasteiger partial charge in [0.25, 0.3) is 5.91 Å². The van der Waals surface area contributed by atoms with Crippen LogP contribution in [0.25, 0.3) is 0 Å². The van der Waals surface area contributed by atoms with Gasteiger partial charge in [-0.25, -0.2) is 0 Å². The molecule has 0 heterocycles. The van der Waals surface area contributed by atoms with Gasteiger partial charge in [0.2, 0.25) is 0 Å². The summed E-state index contributed by atoms with van der Waals surface area (Å²) in [6.45, 7) is 3.82. The van der Waals surface area contributed by atoms with Crippen molar-refractivity contribution in [2.75, 3.05) is 25.1 Å². The highest BCUT2D eigenvalue weighted by atomic mass is 16.5. The third-order valence-corrected chi connectivity index (χ3v) is 2.58. The molecule has 0 saturated heterocycles. The standard InChI is InChI=1S/C15H19N3O3/c1-2-21-9-5-8-17-11-12(10-16)15(20)18-13-6-3-4-7-14(13)19/h3-4,6-7,11,17,19H,2,5,8-9H2,1H3,(H,18,20)/b12-11-. The number of phenolic OH excluding ortho intramolecular Hbond substituents is 1. The third-order valence-electron chi connectivity index (χ3n) is 2.58. The van der Waals surface area contributed by atoms with Crippen molar-refractivity contribution in [2.24, 2.45) is 0 Å². The summed E-state index contributed by atoms with van der Waals surface area (Å²) in [7, 11) is 0. The highest BCUT2D eigenvalue weighted by molar-refractivity contribution is 6.07. The van der Waals surface area contributed by atoms with Gasteiger partial charge in [0.15, 0.2) is 0 Å². The van der Waals surface area contributed by atoms with Gasteiger partial charge in [-0.05, 0) is 25.5 Å². The quantitative estimate of drug-likeness (QED) is 0.293. The second-order valence-corrected chi connectivity index (χ2v) is 4.15. The van der Waals surface area contributed by atoms with Crippen LogP contribution in [0.4, 0.5) is 5.69 Å². The van der Waals surface area contributed by atoms with Crippen molar-refractivity contribution in [3.63, 3.8) is 0 Å². The van der Waals surface area contributed by atoms with E-state index in [0.29, 0.717) is 19.8 Å². The second-order valence-electron chi connectivity index (χ2n) is 4.15. The number of nitriles is 1. The molecule has 1 amide bonds. The number of phenols is 1. The molecule has 1 rings (SSSR count). The number of aromatic hydroxyl groups is 1. The first-order valence-corrected chi connectivity index (χ1v) is 6.69. The van der Waals surface area contributed by atoms with Crippen LogP contribution in [0, 0.1) is 11.3 Å². The van der Waals surface area contributed by atoms with Crippen LogP contribution in [0.3, 0.4) is 0 Å². The molecule has 0 spiro atoms. The summed E-state index contributed by atoms with van der Waals surface area (Å²) >= 11 is 0. The maximum Gasteiger partial charge on any atom is 0.267 e. The molecule has 6 heteroatoms. The van der Waals surface area contributed by atoms with Crippen LogP contribution in [-0.2, 0) is 9.53 Å². The van der Waals surface area contributed by atoms with Gasteiger partial charge in [-0.2, -0.15) is 5.26 Å². The Morgan fingerprint density at radius 3 is 2.90 bits per heavy atom. The molecule has 0 aliphatic rings. The van der Waals surface area contributed by atoms with Crippen LogP contribution in [0.15, 0.2) is 36.0 Å². The second kappa shape index (κ2) is 9.39. The van der Waals surface area contributed by atoms with Crippen LogP contribution in [-0.4, -0.2) is 30.8 Å². The molecule has 0 aromatic heterocycles. The fourth-order valence-electron chi connectivity index (χ4n) is 1.51. The molecule has 112 valence electrons. The van der Waals surface area contributed by atoms with Gasteiger partial charge < -0.3 is 20.5 Å². The lowest BCUT2D eigenvalue weighted by atomic mass is 10.2. The highest BCUT2D eigenvalue weighted by Crippen LogP contribution is 2.21. The van der Waals surface area contributed by atoms with Crippen LogP contribution >= 0.6 is 0 Å². The number of ether oxygens (including phenoxy) is 1. The van der Waals surface area contributed by atoms with Crippen molar-refractivity contribution in [3.8, 4) is 11.8 Å². The summed E-state index contributed by atoms with van der Waals surface area (Å²) in [5, 5.41) is 23.9. The Kier molecular flexibility index (Phi) is 7.40. The minimum atomic E-state index is -0.573. The number of carbonyl (C=O) groups excluding carboxylic acids is 1. The highest BCUT2D eigenvalue weighted by Gasteiger charge is 2.10. The van der Waals surface area contributed by atoms with E-state index in [-0.39, 0.29) is 17.0 Å². The fourth-order valence-corrected chi connectivity index (χ4v) is 1.51. The average molecular weight is 289 g/mol. The third kappa shape index (κ3) is 5.97. The van der Waals surface area contributed by atoms with Crippen molar-refractivity contribution in [1.29, 1.82) is 5.26 Å². The largest absolute Gasteiger partial charge is 0.506 e. The molecule has 0 bridgehead atoms. The lowest BCUT2D eigenvalue weighted by molar-refractivity contribution is -0.112. The minimum absolute atomic E-state index is 0.0483. The first-order chi connectivity index (χ1) is 10.2. The van der Waals surface area contributed by atoms with Gasteiger partial charge in [0.1, 0.15) is 17.4 Å². The van der Waals surface area contributed by atoms with Gasteiger partial charge >= 0.3 is 0 Å². The van der Waals surface area contributed by atoms with Crippen molar-refractivity contribution in [3.05, 3.63) is 36.0 Å². The zero-order valence-corrected chi connectivity index (χ0v) is 11.9. The molecule has 0 atom stereocenters. The summed E-state index contributed by atoms with van der Waals surface area (Å²) < 4.78 is 5.17. The number of para-hydroxylation sites is 2. The zero-order chi connectivity index (χ0) is 15.5. The van der Waals surface area contributed by atoms with E-state index in [1.165, 1.54) is 12.3 Å². The first-order valence-electron chi connectivity index (χ1n) is 6.69. The summed E-state index contributed by atoms with van der Waals surface area (Å²) in [5.41, 5.74) is 0.203. The molecule has 21 heavy (non-hydrogen) atoms. The fraction of sp³-hybridized carbons (Fsp3) is 0.333. The van der Waals surface area contributed by atoms with Crippen molar-refractivity contribution >= 4 is 11.6 Å². The van der Waals surface area contributed by atoms with Gasteiger partial charge in [-0.3, -0.25) is 4.79 Å². The smallest absolute Gasteiger partial charge is 0.267 e. The Morgan fingerprint density at radius 2 is 2.24 bits per heavy atom. The van der Waals surface area contributed by atoms with Crippen LogP contribution in [0.5, 0.6) is 5.75 Å². The van der Waals surface area contributed by atoms with Crippen LogP contribution in [0.1, 0.15) is 13.3 Å². The molecule has 1 aromatic rings. The van der Waals surface area contributed by atoms with Gasteiger partial charge in [0.05, 0.1) is 5.69 Å². The van der Waals surface area contributed by atoms with Gasteiger partial charge in [0, 0.05) is 26.0 Å². The molecule has 0 fully saturated rings. The SMILES string of the molecule is CCOCCCN/C=C(/C#N)C(=O)Nc1ccccc1O. The van der Waals surface area contributed by atoms with Crippen molar-refractivity contribution in [2.45, 2.75) is 13.3 Å². The topological polar surface area (TPSA) is 94.4 Å². The summed E-state index contributed by atoms with van der Waals surface area (Å²) in [5.74, 6) is -0.621. The number of benzene rings is 1. The molecular formula is C15H19N3O3. The van der Waals surface area contributed by atoms with Crippen LogP contribution < -0.4 is 10.6 Å². The minimum Gasteiger partial charge on any atom is -0.506 e. The molecule has 3 N–H and O–H groups in total. The Balaban J connectivity index is 2.50. The van der Waals surface area contributed by atoms with E-state index in [1.54, 1.807) is 18.2 Å². The van der Waals surface area contributed by atoms with Crippen molar-refractivity contribution in [1.82, 2.24) is 5.32 Å². The monoisotopic (exact) mass is 289 g/mol. The predicted molar refractivity (Wildman–Crippen MR) is 79.5 cm³/mol. The van der Waals surface area contributed by atoms with E-state index in [0.717, 1.165) is 6.42 Å². The van der Waals surface area contributed by atoms with Gasteiger partial charge in [-0.1, -0.05) is 12.1 Å². The molecule has 0 aliphatic heterocycles. The van der Waals surface area contributed by atoms with E-state index in [9.17, 15) is 9.90 Å². The molecule has 0 saturated carbocycles. The van der Waals surface area contributed by atoms with Crippen LogP contribution in [0.2, 0.25) is 0 Å². The lowest BCUT2D eigenvalue weighted by Gasteiger charge is -2.06. The Hall–Kier alpha value is -2.52. The molecule has 0 radical (unpaired) electrons. The first kappa shape index (κ1) is 16.5. The number of hydrogen-bond acceptors (Lipinski definition) is 5. The average Bonchev–Trinajstić information content (AvgIpc) is 2.49. The number of nitrogens with zero attached hydrogens (tertiary/aromatic N) is 1. The maximum absolute atomic E-state index is 11.9. The molecule has 6 nitrogen and oxygen atoms in total. The molecule has 1 aromatic carbocycles. The number of amides is 1. The molecular weight excluding hydrogens is 270 g/mol. The van der Waals surface area contributed by atoms with E-state index >= 15 is 0 Å². The number of nitrogens with one attached hydrogen (secondary N) is 2. The van der Waals surface area contributed by atoms with E-state index in [1.807, 2.05) is 13.0 Å². The van der Waals surface area contributed by atoms with E-state index in [4.69, 9.17) is 10.00 Å². The maximum atomic E-state index is 11.9. The summed E-state index contributed by atoms with van der Waals surface area (Å²) in [6.07, 6.45) is 2.14. The number of carbonyl (C=O) groups is 1. The van der Waals surface area contributed by atoms with E-state index in [2.05, 4.69) is 10.6 Å². The summed E-state index contributed by atoms with van der Waals surface area (Å²) in [6, 6.07) is 8.15.